The van der Waals surface area contributed by atoms with Gasteiger partial charge in [0, 0.05) is 33.4 Å². The van der Waals surface area contributed by atoms with Gasteiger partial charge in [-0.15, -0.1) is 0 Å². The van der Waals surface area contributed by atoms with E-state index in [0.717, 1.165) is 21.4 Å². The molecule has 12 heteroatoms. The number of morpholine rings is 1. The van der Waals surface area contributed by atoms with E-state index in [1.165, 1.54) is 21.2 Å². The molecule has 2 fully saturated rings. The molecule has 0 aliphatic carbocycles. The lowest BCUT2D eigenvalue weighted by atomic mass is 9.83. The Bertz CT molecular complexity index is 1500. The summed E-state index contributed by atoms with van der Waals surface area (Å²) in [6.45, 7) is 1.75. The third-order valence-electron chi connectivity index (χ3n) is 7.00. The maximum Gasteiger partial charge on any atom is 0.308 e. The highest BCUT2D eigenvalue weighted by atomic mass is 79.9. The number of aromatic nitrogens is 1. The Morgan fingerprint density at radius 1 is 1.05 bits per heavy atom. The van der Waals surface area contributed by atoms with Crippen LogP contribution in [0.2, 0.25) is 5.02 Å². The summed E-state index contributed by atoms with van der Waals surface area (Å²) in [5, 5.41) is 0.336. The van der Waals surface area contributed by atoms with Crippen molar-refractivity contribution in [3.8, 4) is 0 Å². The summed E-state index contributed by atoms with van der Waals surface area (Å²) in [6.07, 6.45) is 0. The van der Waals surface area contributed by atoms with Crippen molar-refractivity contribution in [2.24, 2.45) is 5.92 Å². The molecule has 3 aliphatic rings. The molecule has 0 bridgehead atoms. The van der Waals surface area contributed by atoms with Crippen molar-refractivity contribution in [1.29, 1.82) is 0 Å². The van der Waals surface area contributed by atoms with Crippen LogP contribution < -0.4 is 9.77 Å². The van der Waals surface area contributed by atoms with Gasteiger partial charge in [0.1, 0.15) is 11.8 Å². The molecule has 2 aromatic carbocycles. The summed E-state index contributed by atoms with van der Waals surface area (Å²) in [6, 6.07) is 14.2. The number of hydrogen-bond acceptors (Lipinski definition) is 7. The number of amides is 3. The van der Waals surface area contributed by atoms with Gasteiger partial charge in [0.05, 0.1) is 29.8 Å². The van der Waals surface area contributed by atoms with Gasteiger partial charge in [0.2, 0.25) is 17.7 Å². The number of nitrogens with zero attached hydrogens (tertiary/aromatic N) is 3. The van der Waals surface area contributed by atoms with Crippen LogP contribution >= 0.6 is 50.6 Å². The Morgan fingerprint density at radius 2 is 1.79 bits per heavy atom. The quantitative estimate of drug-likeness (QED) is 0.404. The van der Waals surface area contributed by atoms with Gasteiger partial charge in [-0.3, -0.25) is 23.7 Å². The fraction of sp³-hybridized carbons (Fsp3) is 0.308. The molecular weight excluding hydrogens is 614 g/mol. The molecule has 2 unspecified atom stereocenters. The summed E-state index contributed by atoms with van der Waals surface area (Å²) in [5.74, 6) is -2.05. The third-order valence-corrected chi connectivity index (χ3v) is 10.3. The van der Waals surface area contributed by atoms with E-state index in [-0.39, 0.29) is 29.1 Å². The smallest absolute Gasteiger partial charge is 0.308 e. The zero-order chi connectivity index (χ0) is 26.6. The van der Waals surface area contributed by atoms with Gasteiger partial charge >= 0.3 is 4.87 Å². The first-order valence-electron chi connectivity index (χ1n) is 12.0. The number of rotatable bonds is 4. The number of carbonyl (C=O) groups excluding carboxylic acids is 3. The first kappa shape index (κ1) is 25.8. The van der Waals surface area contributed by atoms with Crippen LogP contribution in [0.3, 0.4) is 0 Å². The highest BCUT2D eigenvalue weighted by Crippen LogP contribution is 2.54. The Labute approximate surface area is 239 Å². The fourth-order valence-electron chi connectivity index (χ4n) is 5.21. The van der Waals surface area contributed by atoms with Gasteiger partial charge in [0.25, 0.3) is 0 Å². The molecular formula is C26H21BrClN3O5S2. The van der Waals surface area contributed by atoms with E-state index in [0.29, 0.717) is 46.9 Å². The first-order chi connectivity index (χ1) is 18.3. The molecule has 0 spiro atoms. The summed E-state index contributed by atoms with van der Waals surface area (Å²) in [7, 11) is 0. The van der Waals surface area contributed by atoms with Crippen LogP contribution in [0.25, 0.3) is 0 Å². The van der Waals surface area contributed by atoms with Crippen LogP contribution in [-0.4, -0.2) is 58.7 Å². The zero-order valence-electron chi connectivity index (χ0n) is 19.8. The maximum atomic E-state index is 13.9. The van der Waals surface area contributed by atoms with Crippen molar-refractivity contribution in [2.75, 3.05) is 31.2 Å². The molecule has 0 N–H and O–H groups in total. The van der Waals surface area contributed by atoms with Crippen LogP contribution in [0, 0.1) is 5.92 Å². The second-order valence-corrected chi connectivity index (χ2v) is 12.7. The number of halogens is 2. The fourth-order valence-corrected chi connectivity index (χ4v) is 8.52. The summed E-state index contributed by atoms with van der Waals surface area (Å²) in [4.78, 5) is 57.3. The molecule has 3 aromatic rings. The Kier molecular flexibility index (Phi) is 6.98. The van der Waals surface area contributed by atoms with Gasteiger partial charge in [0.15, 0.2) is 0 Å². The lowest BCUT2D eigenvalue weighted by molar-refractivity contribution is -0.136. The van der Waals surface area contributed by atoms with Crippen LogP contribution in [0.15, 0.2) is 62.8 Å². The molecule has 4 heterocycles. The number of hydrogen-bond donors (Lipinski definition) is 0. The molecule has 196 valence electrons. The van der Waals surface area contributed by atoms with E-state index < -0.39 is 17.1 Å². The van der Waals surface area contributed by atoms with Crippen LogP contribution in [-0.2, 0) is 25.7 Å². The highest BCUT2D eigenvalue weighted by Gasteiger charge is 2.56. The second kappa shape index (κ2) is 10.3. The zero-order valence-corrected chi connectivity index (χ0v) is 23.8. The standard InChI is InChI=1S/C26H21BrClN3O5S2/c27-15-3-1-2-14(12-15)19-20-21(24(34)31(23(20)33)17-6-4-16(28)5-7-17)37-25-22(19)38-26(35)30(25)13-18(32)29-8-10-36-11-9-29/h1-7,12,19-21H,8-11,13H2/t19-,20?,21?/m1/s1. The van der Waals surface area contributed by atoms with E-state index in [2.05, 4.69) is 15.9 Å². The number of benzene rings is 2. The summed E-state index contributed by atoms with van der Waals surface area (Å²) >= 11 is 11.8. The minimum Gasteiger partial charge on any atom is -0.378 e. The van der Waals surface area contributed by atoms with Crippen LogP contribution in [0.4, 0.5) is 5.69 Å². The maximum absolute atomic E-state index is 13.9. The van der Waals surface area contributed by atoms with E-state index >= 15 is 0 Å². The number of carbonyl (C=O) groups is 3. The van der Waals surface area contributed by atoms with E-state index in [4.69, 9.17) is 16.3 Å². The number of fused-ring (bicyclic) bond motifs is 2. The minimum atomic E-state index is -0.742. The molecule has 8 nitrogen and oxygen atoms in total. The lowest BCUT2D eigenvalue weighted by Crippen LogP contribution is -2.43. The molecule has 3 aliphatic heterocycles. The molecule has 3 amide bonds. The normalized spacial score (nSPS) is 22.9. The van der Waals surface area contributed by atoms with Crippen LogP contribution in [0.1, 0.15) is 16.4 Å². The molecule has 38 heavy (non-hydrogen) atoms. The van der Waals surface area contributed by atoms with Crippen molar-refractivity contribution in [3.63, 3.8) is 0 Å². The van der Waals surface area contributed by atoms with Gasteiger partial charge in [-0.25, -0.2) is 4.90 Å². The Balaban J connectivity index is 1.44. The lowest BCUT2D eigenvalue weighted by Gasteiger charge is -2.31. The van der Waals surface area contributed by atoms with E-state index in [9.17, 15) is 19.2 Å². The predicted octanol–water partition coefficient (Wildman–Crippen LogP) is 3.98. The largest absolute Gasteiger partial charge is 0.378 e. The van der Waals surface area contributed by atoms with Crippen LogP contribution in [0.5, 0.6) is 0 Å². The Morgan fingerprint density at radius 3 is 2.50 bits per heavy atom. The van der Waals surface area contributed by atoms with Gasteiger partial charge in [-0.2, -0.15) is 0 Å². The summed E-state index contributed by atoms with van der Waals surface area (Å²) < 4.78 is 7.64. The number of imide groups is 1. The van der Waals surface area contributed by atoms with Gasteiger partial charge in [-0.1, -0.05) is 62.8 Å². The van der Waals surface area contributed by atoms with Crippen molar-refractivity contribution in [1.82, 2.24) is 9.47 Å². The molecule has 0 saturated carbocycles. The van der Waals surface area contributed by atoms with Crippen molar-refractivity contribution in [2.45, 2.75) is 22.7 Å². The van der Waals surface area contributed by atoms with Crippen molar-refractivity contribution in [3.05, 3.63) is 78.1 Å². The second-order valence-electron chi connectivity index (χ2n) is 9.20. The molecule has 2 saturated heterocycles. The minimum absolute atomic E-state index is 0.122. The molecule has 3 atom stereocenters. The number of thiazole rings is 1. The first-order valence-corrected chi connectivity index (χ1v) is 14.8. The molecule has 0 radical (unpaired) electrons. The number of thioether (sulfide) groups is 1. The monoisotopic (exact) mass is 633 g/mol. The van der Waals surface area contributed by atoms with E-state index in [1.807, 2.05) is 24.3 Å². The number of anilines is 1. The molecule has 6 rings (SSSR count). The highest BCUT2D eigenvalue weighted by molar-refractivity contribution is 9.10. The van der Waals surface area contributed by atoms with Crippen molar-refractivity contribution >= 4 is 74.0 Å². The average molecular weight is 635 g/mol. The third kappa shape index (κ3) is 4.44. The van der Waals surface area contributed by atoms with Gasteiger partial charge in [-0.05, 0) is 42.0 Å². The molecule has 1 aromatic heterocycles. The Hall–Kier alpha value is -2.44. The number of ether oxygens (including phenoxy) is 1. The van der Waals surface area contributed by atoms with Crippen molar-refractivity contribution < 1.29 is 19.1 Å². The average Bonchev–Trinajstić information content (AvgIpc) is 3.36. The van der Waals surface area contributed by atoms with E-state index in [1.54, 1.807) is 29.2 Å². The summed E-state index contributed by atoms with van der Waals surface area (Å²) in [5.41, 5.74) is 1.28. The van der Waals surface area contributed by atoms with Gasteiger partial charge < -0.3 is 9.64 Å². The topological polar surface area (TPSA) is 88.9 Å². The SMILES string of the molecule is O=C(Cn1c2c(sc1=O)[C@H](c1cccc(Br)c1)C1C(=O)N(c3ccc(Cl)cc3)C(=O)C1S2)N1CCOCC1. The predicted molar refractivity (Wildman–Crippen MR) is 149 cm³/mol.